The predicted molar refractivity (Wildman–Crippen MR) is 111 cm³/mol. The summed E-state index contributed by atoms with van der Waals surface area (Å²) >= 11 is 0. The third-order valence-corrected chi connectivity index (χ3v) is 8.12. The van der Waals surface area contributed by atoms with Crippen LogP contribution in [-0.4, -0.2) is 26.9 Å². The molecule has 0 amide bonds. The lowest BCUT2D eigenvalue weighted by atomic mass is 9.56. The smallest absolute Gasteiger partial charge is 0.0935 e. The van der Waals surface area contributed by atoms with E-state index < -0.39 is 5.60 Å². The number of aliphatic hydroxyl groups is 2. The van der Waals surface area contributed by atoms with Gasteiger partial charge in [-0.05, 0) is 86.6 Å². The lowest BCUT2D eigenvalue weighted by Gasteiger charge is -2.50. The molecule has 1 aromatic heterocycles. The van der Waals surface area contributed by atoms with Gasteiger partial charge in [-0.1, -0.05) is 30.2 Å². The maximum Gasteiger partial charge on any atom is 0.0935 e. The van der Waals surface area contributed by atoms with Crippen molar-refractivity contribution >= 4 is 5.57 Å². The first-order chi connectivity index (χ1) is 13.4. The van der Waals surface area contributed by atoms with Gasteiger partial charge in [0.15, 0.2) is 0 Å². The van der Waals surface area contributed by atoms with Gasteiger partial charge in [-0.25, -0.2) is 0 Å². The number of rotatable bonds is 1. The molecule has 3 heteroatoms. The standard InChI is InChI=1S/C25H31NO2/c1-16-15-24(2)21(18-8-11-26-12-9-18)5-6-23(24)25(28)10-7-17-3-4-20(27)13-19(17)14-22(16)25/h5,8-9,11-12,14,17,20,23,27-28H,3-4,6-7,10,13,15H2,1-2H3/t17?,20?,23?,24?,25-/m1/s1. The first-order valence-corrected chi connectivity index (χ1v) is 10.8. The molecule has 4 aliphatic rings. The summed E-state index contributed by atoms with van der Waals surface area (Å²) in [5.41, 5.74) is 5.64. The quantitative estimate of drug-likeness (QED) is 0.737. The van der Waals surface area contributed by atoms with Crippen molar-refractivity contribution in [2.75, 3.05) is 0 Å². The van der Waals surface area contributed by atoms with Crippen molar-refractivity contribution < 1.29 is 10.2 Å². The van der Waals surface area contributed by atoms with Gasteiger partial charge in [-0.2, -0.15) is 0 Å². The molecule has 0 saturated heterocycles. The van der Waals surface area contributed by atoms with Crippen LogP contribution in [-0.2, 0) is 0 Å². The van der Waals surface area contributed by atoms with Gasteiger partial charge in [0, 0.05) is 23.7 Å². The number of hydrogen-bond donors (Lipinski definition) is 2. The molecule has 5 rings (SSSR count). The SMILES string of the molecule is CC1=C2C=C3CC(O)CCC3CC[C@]2(O)C2CC=C(c3ccncc3)C2(C)C1. The first-order valence-electron chi connectivity index (χ1n) is 10.8. The van der Waals surface area contributed by atoms with Crippen LogP contribution in [0.5, 0.6) is 0 Å². The number of aliphatic hydroxyl groups excluding tert-OH is 1. The summed E-state index contributed by atoms with van der Waals surface area (Å²) in [6.07, 6.45) is 14.7. The number of aromatic nitrogens is 1. The molecule has 2 N–H and O–H groups in total. The number of hydrogen-bond acceptors (Lipinski definition) is 3. The van der Waals surface area contributed by atoms with Crippen molar-refractivity contribution in [1.82, 2.24) is 4.98 Å². The summed E-state index contributed by atoms with van der Waals surface area (Å²) in [5.74, 6) is 0.738. The highest BCUT2D eigenvalue weighted by molar-refractivity contribution is 5.74. The summed E-state index contributed by atoms with van der Waals surface area (Å²) in [6.45, 7) is 4.56. The third-order valence-electron chi connectivity index (χ3n) is 8.12. The Hall–Kier alpha value is -1.71. The second-order valence-corrected chi connectivity index (χ2v) is 9.74. The van der Waals surface area contributed by atoms with E-state index >= 15 is 0 Å². The van der Waals surface area contributed by atoms with Crippen LogP contribution in [0.2, 0.25) is 0 Å². The zero-order valence-corrected chi connectivity index (χ0v) is 17.0. The van der Waals surface area contributed by atoms with Crippen molar-refractivity contribution in [2.45, 2.75) is 70.5 Å². The molecule has 3 nitrogen and oxygen atoms in total. The fourth-order valence-electron chi connectivity index (χ4n) is 6.80. The van der Waals surface area contributed by atoms with Crippen molar-refractivity contribution in [3.8, 4) is 0 Å². The molecular formula is C25H31NO2. The predicted octanol–water partition coefficient (Wildman–Crippen LogP) is 4.82. The summed E-state index contributed by atoms with van der Waals surface area (Å²) in [5, 5.41) is 22.3. The molecule has 0 spiro atoms. The Labute approximate surface area is 167 Å². The molecule has 1 heterocycles. The molecule has 148 valence electrons. The highest BCUT2D eigenvalue weighted by Gasteiger charge is 2.57. The zero-order valence-electron chi connectivity index (χ0n) is 17.0. The molecule has 28 heavy (non-hydrogen) atoms. The van der Waals surface area contributed by atoms with E-state index in [2.05, 4.69) is 43.1 Å². The Balaban J connectivity index is 1.58. The highest BCUT2D eigenvalue weighted by Crippen LogP contribution is 2.62. The van der Waals surface area contributed by atoms with Crippen LogP contribution in [0.25, 0.3) is 5.57 Å². The van der Waals surface area contributed by atoms with Crippen LogP contribution >= 0.6 is 0 Å². The number of fused-ring (bicyclic) bond motifs is 4. The monoisotopic (exact) mass is 377 g/mol. The molecule has 0 aromatic carbocycles. The molecule has 4 aliphatic carbocycles. The van der Waals surface area contributed by atoms with Crippen LogP contribution in [0.1, 0.15) is 64.4 Å². The lowest BCUT2D eigenvalue weighted by molar-refractivity contribution is -0.0354. The van der Waals surface area contributed by atoms with Gasteiger partial charge < -0.3 is 10.2 Å². The minimum absolute atomic E-state index is 0.0444. The lowest BCUT2D eigenvalue weighted by Crippen LogP contribution is -2.49. The van der Waals surface area contributed by atoms with E-state index in [4.69, 9.17) is 0 Å². The van der Waals surface area contributed by atoms with Crippen LogP contribution < -0.4 is 0 Å². The van der Waals surface area contributed by atoms with Crippen LogP contribution in [0.3, 0.4) is 0 Å². The summed E-state index contributed by atoms with van der Waals surface area (Å²) < 4.78 is 0. The van der Waals surface area contributed by atoms with Gasteiger partial charge >= 0.3 is 0 Å². The van der Waals surface area contributed by atoms with Crippen molar-refractivity contribution in [3.05, 3.63) is 59.0 Å². The van der Waals surface area contributed by atoms with Gasteiger partial charge in [-0.3, -0.25) is 4.98 Å². The average Bonchev–Trinajstić information content (AvgIpc) is 2.94. The Kier molecular flexibility index (Phi) is 4.19. The molecule has 5 atom stereocenters. The van der Waals surface area contributed by atoms with E-state index in [9.17, 15) is 10.2 Å². The van der Waals surface area contributed by atoms with Crippen molar-refractivity contribution in [3.63, 3.8) is 0 Å². The Morgan fingerprint density at radius 3 is 2.71 bits per heavy atom. The Morgan fingerprint density at radius 2 is 1.93 bits per heavy atom. The normalized spacial score (nSPS) is 40.1. The van der Waals surface area contributed by atoms with E-state index in [1.165, 1.54) is 22.3 Å². The Bertz CT molecular complexity index is 883. The minimum Gasteiger partial charge on any atom is -0.393 e. The minimum atomic E-state index is -0.766. The largest absolute Gasteiger partial charge is 0.393 e. The van der Waals surface area contributed by atoms with Crippen LogP contribution in [0.15, 0.2) is 53.4 Å². The fraction of sp³-hybridized carbons (Fsp3) is 0.560. The van der Waals surface area contributed by atoms with Crippen LogP contribution in [0.4, 0.5) is 0 Å². The summed E-state index contributed by atoms with van der Waals surface area (Å²) in [6, 6.07) is 4.20. The van der Waals surface area contributed by atoms with Gasteiger partial charge in [-0.15, -0.1) is 0 Å². The fourth-order valence-corrected chi connectivity index (χ4v) is 6.80. The van der Waals surface area contributed by atoms with E-state index in [0.717, 1.165) is 50.5 Å². The maximum atomic E-state index is 12.1. The molecule has 1 aromatic rings. The maximum absolute atomic E-state index is 12.1. The number of allylic oxidation sites excluding steroid dienone is 3. The summed E-state index contributed by atoms with van der Waals surface area (Å²) in [4.78, 5) is 4.18. The first kappa shape index (κ1) is 18.3. The zero-order chi connectivity index (χ0) is 19.5. The Morgan fingerprint density at radius 1 is 1.14 bits per heavy atom. The molecule has 0 radical (unpaired) electrons. The van der Waals surface area contributed by atoms with Gasteiger partial charge in [0.1, 0.15) is 0 Å². The average molecular weight is 378 g/mol. The second kappa shape index (κ2) is 6.40. The number of nitrogens with zero attached hydrogens (tertiary/aromatic N) is 1. The van der Waals surface area contributed by atoms with Crippen LogP contribution in [0, 0.1) is 17.3 Å². The summed E-state index contributed by atoms with van der Waals surface area (Å²) in [7, 11) is 0. The number of pyridine rings is 1. The second-order valence-electron chi connectivity index (χ2n) is 9.74. The van der Waals surface area contributed by atoms with Gasteiger partial charge in [0.2, 0.25) is 0 Å². The van der Waals surface area contributed by atoms with E-state index in [0.29, 0.717) is 5.92 Å². The highest BCUT2D eigenvalue weighted by atomic mass is 16.3. The molecular weight excluding hydrogens is 346 g/mol. The van der Waals surface area contributed by atoms with Crippen molar-refractivity contribution in [2.24, 2.45) is 17.3 Å². The third kappa shape index (κ3) is 2.59. The van der Waals surface area contributed by atoms with E-state index in [-0.39, 0.29) is 17.4 Å². The molecule has 4 unspecified atom stereocenters. The van der Waals surface area contributed by atoms with Gasteiger partial charge in [0.25, 0.3) is 0 Å². The molecule has 1 fully saturated rings. The molecule has 0 aliphatic heterocycles. The van der Waals surface area contributed by atoms with Crippen molar-refractivity contribution in [1.29, 1.82) is 0 Å². The molecule has 1 saturated carbocycles. The van der Waals surface area contributed by atoms with E-state index in [1.807, 2.05) is 12.4 Å². The topological polar surface area (TPSA) is 53.4 Å². The van der Waals surface area contributed by atoms with Gasteiger partial charge in [0.05, 0.1) is 11.7 Å². The van der Waals surface area contributed by atoms with E-state index in [1.54, 1.807) is 0 Å². The molecule has 0 bridgehead atoms.